The lowest BCUT2D eigenvalue weighted by Gasteiger charge is -2.30. The monoisotopic (exact) mass is 598 g/mol. The Morgan fingerprint density at radius 3 is 1.21 bits per heavy atom. The maximum Gasteiger partial charge on any atom is 0.227 e. The largest absolute Gasteiger partial charge is 0.392 e. The summed E-state index contributed by atoms with van der Waals surface area (Å²) in [6.45, 7) is 5.94. The maximum atomic E-state index is 13.2. The van der Waals surface area contributed by atoms with Crippen molar-refractivity contribution in [1.29, 1.82) is 0 Å². The average molecular weight is 598 g/mol. The van der Waals surface area contributed by atoms with Gasteiger partial charge >= 0.3 is 0 Å². The van der Waals surface area contributed by atoms with Gasteiger partial charge in [-0.2, -0.15) is 0 Å². The number of amides is 1. The molecule has 0 aromatic carbocycles. The van der Waals surface area contributed by atoms with Crippen molar-refractivity contribution in [1.82, 2.24) is 5.32 Å². The lowest BCUT2D eigenvalue weighted by atomic mass is 9.90. The molecule has 0 aliphatic heterocycles. The van der Waals surface area contributed by atoms with Gasteiger partial charge in [-0.1, -0.05) is 188 Å². The molecule has 252 valence electrons. The number of rotatable bonds is 33. The molecule has 0 saturated carbocycles. The van der Waals surface area contributed by atoms with E-state index in [2.05, 4.69) is 19.2 Å². The summed E-state index contributed by atoms with van der Waals surface area (Å²) in [4.78, 5) is 13.2. The van der Waals surface area contributed by atoms with Crippen LogP contribution < -0.4 is 5.32 Å². The first-order valence-electron chi connectivity index (χ1n) is 18.8. The second-order valence-electron chi connectivity index (χ2n) is 13.3. The SMILES string of the molecule is CCCCCCCCCCCCCCCC(O)C(CCCCCCCCCCCCCC)C(=O)NC(O)(CO)CCC. The number of hydrogen-bond acceptors (Lipinski definition) is 4. The summed E-state index contributed by atoms with van der Waals surface area (Å²) < 4.78 is 0. The van der Waals surface area contributed by atoms with Gasteiger partial charge in [-0.25, -0.2) is 0 Å². The molecule has 0 fully saturated rings. The fraction of sp³-hybridized carbons (Fsp3) is 0.973. The first kappa shape index (κ1) is 41.4. The predicted octanol–water partition coefficient (Wildman–Crippen LogP) is 10.1. The molecule has 5 nitrogen and oxygen atoms in total. The summed E-state index contributed by atoms with van der Waals surface area (Å²) in [5.74, 6) is -0.842. The van der Waals surface area contributed by atoms with E-state index < -0.39 is 24.4 Å². The molecule has 0 aromatic heterocycles. The number of unbranched alkanes of at least 4 members (excludes halogenated alkanes) is 23. The van der Waals surface area contributed by atoms with E-state index >= 15 is 0 Å². The Morgan fingerprint density at radius 1 is 0.548 bits per heavy atom. The summed E-state index contributed by atoms with van der Waals surface area (Å²) in [5, 5.41) is 34.0. The fourth-order valence-corrected chi connectivity index (χ4v) is 6.19. The normalized spacial score (nSPS) is 14.5. The van der Waals surface area contributed by atoms with Crippen molar-refractivity contribution in [3.8, 4) is 0 Å². The number of hydrogen-bond donors (Lipinski definition) is 4. The summed E-state index contributed by atoms with van der Waals surface area (Å²) >= 11 is 0. The van der Waals surface area contributed by atoms with E-state index in [4.69, 9.17) is 0 Å². The molecule has 5 heteroatoms. The van der Waals surface area contributed by atoms with Crippen LogP contribution in [0.1, 0.15) is 207 Å². The van der Waals surface area contributed by atoms with Gasteiger partial charge in [0.15, 0.2) is 5.72 Å². The van der Waals surface area contributed by atoms with Crippen LogP contribution in [0.2, 0.25) is 0 Å². The molecule has 1 amide bonds. The molecule has 0 aliphatic carbocycles. The van der Waals surface area contributed by atoms with Gasteiger partial charge in [0.2, 0.25) is 5.91 Å². The van der Waals surface area contributed by atoms with Crippen molar-refractivity contribution in [3.05, 3.63) is 0 Å². The van der Waals surface area contributed by atoms with E-state index in [1.165, 1.54) is 135 Å². The number of carbonyl (C=O) groups is 1. The van der Waals surface area contributed by atoms with Gasteiger partial charge in [0, 0.05) is 0 Å². The zero-order valence-electron chi connectivity index (χ0n) is 28.6. The molecule has 0 spiro atoms. The van der Waals surface area contributed by atoms with Gasteiger partial charge in [-0.3, -0.25) is 4.79 Å². The number of aliphatic hydroxyl groups excluding tert-OH is 2. The molecule has 0 radical (unpaired) electrons. The van der Waals surface area contributed by atoms with Crippen molar-refractivity contribution in [2.75, 3.05) is 6.61 Å². The molecule has 3 atom stereocenters. The quantitative estimate of drug-likeness (QED) is 0.0447. The Hall–Kier alpha value is -0.650. The van der Waals surface area contributed by atoms with Crippen LogP contribution >= 0.6 is 0 Å². The van der Waals surface area contributed by atoms with Crippen LogP contribution in [0, 0.1) is 5.92 Å². The topological polar surface area (TPSA) is 89.8 Å². The molecular formula is C37H75NO4. The highest BCUT2D eigenvalue weighted by Gasteiger charge is 2.33. The third-order valence-electron chi connectivity index (χ3n) is 9.05. The second kappa shape index (κ2) is 30.4. The van der Waals surface area contributed by atoms with Gasteiger partial charge in [0.1, 0.15) is 0 Å². The van der Waals surface area contributed by atoms with E-state index in [1.807, 2.05) is 6.92 Å². The number of nitrogens with one attached hydrogen (secondary N) is 1. The number of carbonyl (C=O) groups excluding carboxylic acids is 1. The summed E-state index contributed by atoms with van der Waals surface area (Å²) in [7, 11) is 0. The summed E-state index contributed by atoms with van der Waals surface area (Å²) in [6.07, 6.45) is 33.4. The maximum absolute atomic E-state index is 13.2. The van der Waals surface area contributed by atoms with E-state index in [0.717, 1.165) is 25.7 Å². The highest BCUT2D eigenvalue weighted by atomic mass is 16.3. The molecule has 42 heavy (non-hydrogen) atoms. The van der Waals surface area contributed by atoms with Crippen molar-refractivity contribution < 1.29 is 20.1 Å². The third kappa shape index (κ3) is 24.8. The van der Waals surface area contributed by atoms with Crippen LogP contribution in [-0.4, -0.2) is 39.7 Å². The average Bonchev–Trinajstić information content (AvgIpc) is 2.97. The standard InChI is InChI=1S/C37H75NO4/c1-4-7-9-11-13-15-17-19-21-23-25-27-29-31-35(40)34(36(41)38-37(42,33-39)32-6-3)30-28-26-24-22-20-18-16-14-12-10-8-5-2/h34-35,39-40,42H,4-33H2,1-3H3,(H,38,41). The van der Waals surface area contributed by atoms with E-state index in [-0.39, 0.29) is 5.91 Å². The Morgan fingerprint density at radius 2 is 0.881 bits per heavy atom. The van der Waals surface area contributed by atoms with Crippen LogP contribution in [0.15, 0.2) is 0 Å². The van der Waals surface area contributed by atoms with Crippen molar-refractivity contribution in [2.24, 2.45) is 5.92 Å². The van der Waals surface area contributed by atoms with Gasteiger partial charge in [-0.05, 0) is 19.3 Å². The first-order valence-corrected chi connectivity index (χ1v) is 18.8. The Labute approximate surface area is 262 Å². The molecule has 4 N–H and O–H groups in total. The second-order valence-corrected chi connectivity index (χ2v) is 13.3. The minimum absolute atomic E-state index is 0.301. The van der Waals surface area contributed by atoms with Gasteiger partial charge < -0.3 is 20.6 Å². The lowest BCUT2D eigenvalue weighted by molar-refractivity contribution is -0.140. The highest BCUT2D eigenvalue weighted by Crippen LogP contribution is 2.23. The smallest absolute Gasteiger partial charge is 0.227 e. The number of aliphatic hydroxyl groups is 3. The minimum atomic E-state index is -1.60. The Kier molecular flexibility index (Phi) is 29.9. The van der Waals surface area contributed by atoms with Crippen LogP contribution in [0.25, 0.3) is 0 Å². The van der Waals surface area contributed by atoms with Crippen molar-refractivity contribution in [2.45, 2.75) is 219 Å². The highest BCUT2D eigenvalue weighted by molar-refractivity contribution is 5.79. The molecule has 0 aliphatic rings. The van der Waals surface area contributed by atoms with E-state index in [0.29, 0.717) is 25.7 Å². The van der Waals surface area contributed by atoms with Crippen LogP contribution in [-0.2, 0) is 4.79 Å². The minimum Gasteiger partial charge on any atom is -0.392 e. The van der Waals surface area contributed by atoms with Crippen molar-refractivity contribution in [3.63, 3.8) is 0 Å². The molecular weight excluding hydrogens is 522 g/mol. The Bertz CT molecular complexity index is 572. The van der Waals surface area contributed by atoms with Gasteiger partial charge in [0.05, 0.1) is 18.6 Å². The third-order valence-corrected chi connectivity index (χ3v) is 9.05. The first-order chi connectivity index (χ1) is 20.4. The molecule has 0 rings (SSSR count). The van der Waals surface area contributed by atoms with E-state index in [1.54, 1.807) is 0 Å². The van der Waals surface area contributed by atoms with Crippen LogP contribution in [0.4, 0.5) is 0 Å². The fourth-order valence-electron chi connectivity index (χ4n) is 6.19. The van der Waals surface area contributed by atoms with Gasteiger partial charge in [0.25, 0.3) is 0 Å². The molecule has 0 aromatic rings. The molecule has 0 saturated heterocycles. The van der Waals surface area contributed by atoms with Gasteiger partial charge in [-0.15, -0.1) is 0 Å². The zero-order chi connectivity index (χ0) is 31.2. The molecule has 3 unspecified atom stereocenters. The van der Waals surface area contributed by atoms with Crippen LogP contribution in [0.5, 0.6) is 0 Å². The van der Waals surface area contributed by atoms with Crippen LogP contribution in [0.3, 0.4) is 0 Å². The molecule has 0 bridgehead atoms. The zero-order valence-corrected chi connectivity index (χ0v) is 28.6. The summed E-state index contributed by atoms with van der Waals surface area (Å²) in [6, 6.07) is 0. The van der Waals surface area contributed by atoms with Crippen molar-refractivity contribution >= 4 is 5.91 Å². The van der Waals surface area contributed by atoms with E-state index in [9.17, 15) is 20.1 Å². The lowest BCUT2D eigenvalue weighted by Crippen LogP contribution is -2.54. The predicted molar refractivity (Wildman–Crippen MR) is 181 cm³/mol. The summed E-state index contributed by atoms with van der Waals surface area (Å²) in [5.41, 5.74) is -1.60. The molecule has 0 heterocycles. The Balaban J connectivity index is 4.31.